The maximum absolute atomic E-state index is 11.6. The Bertz CT molecular complexity index is 712. The molecule has 1 aromatic carbocycles. The molecule has 1 aromatic heterocycles. The zero-order valence-corrected chi connectivity index (χ0v) is 18.1. The van der Waals surface area contributed by atoms with Gasteiger partial charge in [0.1, 0.15) is 12.7 Å². The van der Waals surface area contributed by atoms with Gasteiger partial charge in [0.15, 0.2) is 0 Å². The van der Waals surface area contributed by atoms with Gasteiger partial charge in [-0.1, -0.05) is 51.1 Å². The van der Waals surface area contributed by atoms with Crippen LogP contribution in [0.5, 0.6) is 0 Å². The third kappa shape index (κ3) is 8.84. The summed E-state index contributed by atoms with van der Waals surface area (Å²) in [5.41, 5.74) is 2.48. The fourth-order valence-electron chi connectivity index (χ4n) is 3.25. The van der Waals surface area contributed by atoms with Crippen LogP contribution < -0.4 is 0 Å². The Labute approximate surface area is 175 Å². The summed E-state index contributed by atoms with van der Waals surface area (Å²) >= 11 is 0. The molecule has 0 saturated carbocycles. The second-order valence-corrected chi connectivity index (χ2v) is 8.12. The molecule has 0 aliphatic heterocycles. The van der Waals surface area contributed by atoms with E-state index < -0.39 is 6.10 Å². The van der Waals surface area contributed by atoms with E-state index >= 15 is 0 Å². The fraction of sp³-hybridized carbons (Fsp3) is 0.542. The molecule has 0 aliphatic rings. The van der Waals surface area contributed by atoms with Crippen molar-refractivity contribution in [1.82, 2.24) is 9.47 Å². The molecule has 2 aromatic rings. The molecule has 0 radical (unpaired) electrons. The lowest BCUT2D eigenvalue weighted by Gasteiger charge is -2.26. The molecule has 0 bridgehead atoms. The van der Waals surface area contributed by atoms with Gasteiger partial charge in [-0.05, 0) is 43.0 Å². The number of ether oxygens (including phenoxy) is 1. The summed E-state index contributed by atoms with van der Waals surface area (Å²) in [5, 5.41) is 10.4. The minimum absolute atomic E-state index is 0.0576. The number of aromatic nitrogens is 1. The van der Waals surface area contributed by atoms with Gasteiger partial charge < -0.3 is 14.4 Å². The van der Waals surface area contributed by atoms with Crippen LogP contribution in [0.15, 0.2) is 48.7 Å². The number of carbonyl (C=O) groups excluding carboxylic acids is 1. The van der Waals surface area contributed by atoms with Gasteiger partial charge in [-0.25, -0.2) is 0 Å². The van der Waals surface area contributed by atoms with E-state index in [4.69, 9.17) is 4.74 Å². The molecule has 0 unspecified atom stereocenters. The number of esters is 1. The number of carbonyl (C=O) groups is 1. The SMILES string of the molecule is CCCC(=O)OC[C@H](O)CN(CCC(C)C)Cc1cccn1Cc1ccccc1. The molecule has 0 aliphatic carbocycles. The van der Waals surface area contributed by atoms with Gasteiger partial charge in [-0.2, -0.15) is 0 Å². The molecule has 5 heteroatoms. The van der Waals surface area contributed by atoms with E-state index in [2.05, 4.69) is 65.9 Å². The number of hydrogen-bond donors (Lipinski definition) is 1. The summed E-state index contributed by atoms with van der Waals surface area (Å²) in [6.07, 6.45) is 3.64. The molecule has 0 saturated heterocycles. The first-order chi connectivity index (χ1) is 14.0. The molecule has 0 fully saturated rings. The first kappa shape index (κ1) is 23.2. The first-order valence-electron chi connectivity index (χ1n) is 10.7. The predicted octanol–water partition coefficient (Wildman–Crippen LogP) is 4.09. The monoisotopic (exact) mass is 400 g/mol. The molecular weight excluding hydrogens is 364 g/mol. The largest absolute Gasteiger partial charge is 0.463 e. The van der Waals surface area contributed by atoms with Crippen LogP contribution in [-0.2, 0) is 22.6 Å². The minimum atomic E-state index is -0.680. The summed E-state index contributed by atoms with van der Waals surface area (Å²) in [5.74, 6) is 0.352. The Morgan fingerprint density at radius 1 is 1.17 bits per heavy atom. The average Bonchev–Trinajstić information content (AvgIpc) is 3.12. The van der Waals surface area contributed by atoms with Crippen LogP contribution in [0.4, 0.5) is 0 Å². The van der Waals surface area contributed by atoms with Gasteiger partial charge in [-0.3, -0.25) is 9.69 Å². The maximum atomic E-state index is 11.6. The van der Waals surface area contributed by atoms with Gasteiger partial charge in [0, 0.05) is 37.9 Å². The Hall–Kier alpha value is -2.11. The predicted molar refractivity (Wildman–Crippen MR) is 117 cm³/mol. The van der Waals surface area contributed by atoms with E-state index in [1.165, 1.54) is 11.3 Å². The Balaban J connectivity index is 1.97. The van der Waals surface area contributed by atoms with Crippen molar-refractivity contribution in [3.8, 4) is 0 Å². The Morgan fingerprint density at radius 2 is 1.93 bits per heavy atom. The van der Waals surface area contributed by atoms with Crippen LogP contribution in [0, 0.1) is 5.92 Å². The van der Waals surface area contributed by atoms with Crippen molar-refractivity contribution >= 4 is 5.97 Å². The molecule has 5 nitrogen and oxygen atoms in total. The highest BCUT2D eigenvalue weighted by atomic mass is 16.5. The zero-order valence-electron chi connectivity index (χ0n) is 18.1. The first-order valence-corrected chi connectivity index (χ1v) is 10.7. The fourth-order valence-corrected chi connectivity index (χ4v) is 3.25. The summed E-state index contributed by atoms with van der Waals surface area (Å²) in [7, 11) is 0. The minimum Gasteiger partial charge on any atom is -0.463 e. The van der Waals surface area contributed by atoms with Gasteiger partial charge in [0.2, 0.25) is 0 Å². The van der Waals surface area contributed by atoms with Crippen molar-refractivity contribution in [2.75, 3.05) is 19.7 Å². The molecule has 1 heterocycles. The van der Waals surface area contributed by atoms with Crippen molar-refractivity contribution in [2.24, 2.45) is 5.92 Å². The number of aliphatic hydroxyl groups is 1. The molecular formula is C24H36N2O3. The van der Waals surface area contributed by atoms with Crippen molar-refractivity contribution in [1.29, 1.82) is 0 Å². The third-order valence-electron chi connectivity index (χ3n) is 4.89. The second kappa shape index (κ2) is 12.5. The van der Waals surface area contributed by atoms with Crippen LogP contribution in [-0.4, -0.2) is 46.3 Å². The molecule has 1 N–H and O–H groups in total. The molecule has 160 valence electrons. The van der Waals surface area contributed by atoms with E-state index in [1.54, 1.807) is 0 Å². The lowest BCUT2D eigenvalue weighted by Crippen LogP contribution is -2.36. The molecule has 0 amide bonds. The van der Waals surface area contributed by atoms with Gasteiger partial charge in [0.05, 0.1) is 0 Å². The van der Waals surface area contributed by atoms with Crippen molar-refractivity contribution in [2.45, 2.75) is 59.2 Å². The van der Waals surface area contributed by atoms with Gasteiger partial charge in [-0.15, -0.1) is 0 Å². The van der Waals surface area contributed by atoms with Crippen LogP contribution in [0.2, 0.25) is 0 Å². The van der Waals surface area contributed by atoms with Crippen LogP contribution in [0.3, 0.4) is 0 Å². The van der Waals surface area contributed by atoms with Crippen molar-refractivity contribution < 1.29 is 14.6 Å². The summed E-state index contributed by atoms with van der Waals surface area (Å²) in [6.45, 7) is 9.39. The standard InChI is InChI=1S/C24H36N2O3/c1-4-9-24(28)29-19-23(27)18-25(15-13-20(2)3)17-22-12-8-14-26(22)16-21-10-6-5-7-11-21/h5-8,10-12,14,20,23,27H,4,9,13,15-19H2,1-3H3/t23-/m1/s1. The normalized spacial score (nSPS) is 12.5. The number of aliphatic hydroxyl groups excluding tert-OH is 1. The van der Waals surface area contributed by atoms with E-state index in [0.717, 1.165) is 32.5 Å². The topological polar surface area (TPSA) is 54.7 Å². The summed E-state index contributed by atoms with van der Waals surface area (Å²) in [6, 6.07) is 14.6. The number of hydrogen-bond acceptors (Lipinski definition) is 4. The van der Waals surface area contributed by atoms with Crippen LogP contribution in [0.1, 0.15) is 51.3 Å². The molecule has 29 heavy (non-hydrogen) atoms. The van der Waals surface area contributed by atoms with Crippen molar-refractivity contribution in [3.63, 3.8) is 0 Å². The Kier molecular flexibility index (Phi) is 9.95. The quantitative estimate of drug-likeness (QED) is 0.515. The zero-order chi connectivity index (χ0) is 21.1. The van der Waals surface area contributed by atoms with E-state index in [1.807, 2.05) is 13.0 Å². The third-order valence-corrected chi connectivity index (χ3v) is 4.89. The highest BCUT2D eigenvalue weighted by Crippen LogP contribution is 2.13. The second-order valence-electron chi connectivity index (χ2n) is 8.12. The van der Waals surface area contributed by atoms with E-state index in [-0.39, 0.29) is 12.6 Å². The highest BCUT2D eigenvalue weighted by Gasteiger charge is 2.16. The maximum Gasteiger partial charge on any atom is 0.305 e. The highest BCUT2D eigenvalue weighted by molar-refractivity contribution is 5.69. The van der Waals surface area contributed by atoms with E-state index in [0.29, 0.717) is 18.9 Å². The summed E-state index contributed by atoms with van der Waals surface area (Å²) in [4.78, 5) is 13.8. The van der Waals surface area contributed by atoms with Gasteiger partial charge in [0.25, 0.3) is 0 Å². The summed E-state index contributed by atoms with van der Waals surface area (Å²) < 4.78 is 7.44. The average molecular weight is 401 g/mol. The molecule has 1 atom stereocenters. The van der Waals surface area contributed by atoms with Gasteiger partial charge >= 0.3 is 5.97 Å². The number of benzene rings is 1. The number of rotatable bonds is 13. The van der Waals surface area contributed by atoms with Crippen LogP contribution >= 0.6 is 0 Å². The Morgan fingerprint density at radius 3 is 2.62 bits per heavy atom. The lowest BCUT2D eigenvalue weighted by molar-refractivity contribution is -0.147. The van der Waals surface area contributed by atoms with Crippen LogP contribution in [0.25, 0.3) is 0 Å². The lowest BCUT2D eigenvalue weighted by atomic mass is 10.1. The smallest absolute Gasteiger partial charge is 0.305 e. The van der Waals surface area contributed by atoms with E-state index in [9.17, 15) is 9.90 Å². The van der Waals surface area contributed by atoms with Crippen molar-refractivity contribution in [3.05, 3.63) is 59.9 Å². The number of nitrogens with zero attached hydrogens (tertiary/aromatic N) is 2. The molecule has 0 spiro atoms. The molecule has 2 rings (SSSR count).